The third-order valence-electron chi connectivity index (χ3n) is 3.09. The number of hydrogen-bond acceptors (Lipinski definition) is 3. The Labute approximate surface area is 91.5 Å². The van der Waals surface area contributed by atoms with Gasteiger partial charge in [-0.25, -0.2) is 0 Å². The number of aliphatic hydroxyl groups excluding tert-OH is 1. The van der Waals surface area contributed by atoms with Gasteiger partial charge in [-0.2, -0.15) is 0 Å². The topological polar surface area (TPSA) is 45.4 Å². The smallest absolute Gasteiger partial charge is 0.117 e. The van der Waals surface area contributed by atoms with E-state index in [0.717, 1.165) is 24.4 Å². The molecule has 0 aromatic carbocycles. The molecule has 0 saturated heterocycles. The normalized spacial score (nSPS) is 12.0. The molecule has 0 amide bonds. The second kappa shape index (κ2) is 5.33. The highest BCUT2D eigenvalue weighted by molar-refractivity contribution is 5.05. The van der Waals surface area contributed by atoms with Crippen LogP contribution in [0.1, 0.15) is 38.2 Å². The second-order valence-corrected chi connectivity index (χ2v) is 4.01. The second-order valence-electron chi connectivity index (χ2n) is 4.01. The molecule has 1 aromatic rings. The first kappa shape index (κ1) is 12.3. The Morgan fingerprint density at radius 3 is 2.40 bits per heavy atom. The van der Waals surface area contributed by atoms with Gasteiger partial charge in [0.2, 0.25) is 0 Å². The van der Waals surface area contributed by atoms with Gasteiger partial charge in [-0.15, -0.1) is 0 Å². The van der Waals surface area contributed by atoms with Gasteiger partial charge in [-0.3, -0.25) is 0 Å². The summed E-state index contributed by atoms with van der Waals surface area (Å²) in [6.07, 6.45) is 1.83. The Balaban J connectivity index is 2.54. The van der Waals surface area contributed by atoms with Crippen molar-refractivity contribution in [1.29, 1.82) is 0 Å². The molecule has 15 heavy (non-hydrogen) atoms. The lowest BCUT2D eigenvalue weighted by Crippen LogP contribution is -2.46. The average molecular weight is 211 g/mol. The maximum Gasteiger partial charge on any atom is 0.117 e. The largest absolute Gasteiger partial charge is 0.465 e. The van der Waals surface area contributed by atoms with Crippen molar-refractivity contribution in [2.24, 2.45) is 0 Å². The maximum atomic E-state index is 9.37. The molecule has 1 aromatic heterocycles. The zero-order valence-corrected chi connectivity index (χ0v) is 9.84. The molecule has 2 N–H and O–H groups in total. The average Bonchev–Trinajstić information content (AvgIpc) is 2.67. The molecule has 0 aliphatic heterocycles. The summed E-state index contributed by atoms with van der Waals surface area (Å²) in [5.41, 5.74) is -0.166. The summed E-state index contributed by atoms with van der Waals surface area (Å²) in [5.74, 6) is 1.85. The molecular formula is C12H21NO2. The predicted octanol–water partition coefficient (Wildman–Crippen LogP) is 2.23. The molecule has 3 nitrogen and oxygen atoms in total. The van der Waals surface area contributed by atoms with Crippen molar-refractivity contribution in [1.82, 2.24) is 5.32 Å². The molecule has 0 unspecified atom stereocenters. The minimum Gasteiger partial charge on any atom is -0.465 e. The van der Waals surface area contributed by atoms with Crippen LogP contribution in [0.15, 0.2) is 16.5 Å². The van der Waals surface area contributed by atoms with E-state index in [2.05, 4.69) is 19.2 Å². The Kier molecular flexibility index (Phi) is 4.36. The molecule has 0 radical (unpaired) electrons. The molecule has 0 bridgehead atoms. The zero-order valence-electron chi connectivity index (χ0n) is 9.84. The van der Waals surface area contributed by atoms with E-state index >= 15 is 0 Å². The van der Waals surface area contributed by atoms with Gasteiger partial charge < -0.3 is 14.8 Å². The maximum absolute atomic E-state index is 9.37. The zero-order chi connectivity index (χ0) is 11.3. The Morgan fingerprint density at radius 2 is 2.00 bits per heavy atom. The minimum absolute atomic E-state index is 0.166. The van der Waals surface area contributed by atoms with Gasteiger partial charge in [-0.1, -0.05) is 13.8 Å². The predicted molar refractivity (Wildman–Crippen MR) is 60.7 cm³/mol. The first-order valence-corrected chi connectivity index (χ1v) is 5.57. The molecular weight excluding hydrogens is 190 g/mol. The van der Waals surface area contributed by atoms with Crippen LogP contribution in [0.25, 0.3) is 0 Å². The summed E-state index contributed by atoms with van der Waals surface area (Å²) in [5, 5.41) is 12.7. The van der Waals surface area contributed by atoms with E-state index in [0.29, 0.717) is 6.54 Å². The monoisotopic (exact) mass is 211 g/mol. The summed E-state index contributed by atoms with van der Waals surface area (Å²) in [4.78, 5) is 0. The molecule has 86 valence electrons. The number of rotatable bonds is 6. The SMILES string of the molecule is CCC(CC)(CO)NCc1ccc(C)o1. The van der Waals surface area contributed by atoms with E-state index in [9.17, 15) is 5.11 Å². The van der Waals surface area contributed by atoms with Crippen LogP contribution in [0.2, 0.25) is 0 Å². The molecule has 1 rings (SSSR count). The number of furan rings is 1. The van der Waals surface area contributed by atoms with Gasteiger partial charge in [0, 0.05) is 5.54 Å². The van der Waals surface area contributed by atoms with E-state index in [1.54, 1.807) is 0 Å². The number of hydrogen-bond donors (Lipinski definition) is 2. The van der Waals surface area contributed by atoms with Gasteiger partial charge in [0.1, 0.15) is 11.5 Å². The van der Waals surface area contributed by atoms with Gasteiger partial charge in [0.15, 0.2) is 0 Å². The van der Waals surface area contributed by atoms with Crippen molar-refractivity contribution >= 4 is 0 Å². The lowest BCUT2D eigenvalue weighted by molar-refractivity contribution is 0.147. The van der Waals surface area contributed by atoms with Crippen molar-refractivity contribution in [3.63, 3.8) is 0 Å². The molecule has 0 saturated carbocycles. The summed E-state index contributed by atoms with van der Waals surface area (Å²) in [7, 11) is 0. The summed E-state index contributed by atoms with van der Waals surface area (Å²) >= 11 is 0. The third kappa shape index (κ3) is 3.08. The molecule has 0 atom stereocenters. The van der Waals surface area contributed by atoms with E-state index < -0.39 is 0 Å². The van der Waals surface area contributed by atoms with Crippen molar-refractivity contribution in [3.05, 3.63) is 23.7 Å². The van der Waals surface area contributed by atoms with Crippen molar-refractivity contribution in [2.45, 2.75) is 45.7 Å². The van der Waals surface area contributed by atoms with Crippen molar-refractivity contribution in [2.75, 3.05) is 6.61 Å². The summed E-state index contributed by atoms with van der Waals surface area (Å²) in [6, 6.07) is 3.92. The summed E-state index contributed by atoms with van der Waals surface area (Å²) in [6.45, 7) is 6.94. The van der Waals surface area contributed by atoms with Crippen LogP contribution in [0.4, 0.5) is 0 Å². The molecule has 3 heteroatoms. The standard InChI is InChI=1S/C12H21NO2/c1-4-12(5-2,9-14)13-8-11-7-6-10(3)15-11/h6-7,13-14H,4-5,8-9H2,1-3H3. The molecule has 0 spiro atoms. The summed E-state index contributed by atoms with van der Waals surface area (Å²) < 4.78 is 5.47. The van der Waals surface area contributed by atoms with Crippen LogP contribution in [-0.4, -0.2) is 17.3 Å². The fourth-order valence-corrected chi connectivity index (χ4v) is 1.63. The highest BCUT2D eigenvalue weighted by Crippen LogP contribution is 2.15. The number of nitrogens with one attached hydrogen (secondary N) is 1. The highest BCUT2D eigenvalue weighted by Gasteiger charge is 2.24. The van der Waals surface area contributed by atoms with Crippen LogP contribution in [0, 0.1) is 6.92 Å². The Hall–Kier alpha value is -0.800. The van der Waals surface area contributed by atoms with Crippen LogP contribution in [-0.2, 0) is 6.54 Å². The fraction of sp³-hybridized carbons (Fsp3) is 0.667. The number of aryl methyl sites for hydroxylation is 1. The molecule has 0 fully saturated rings. The minimum atomic E-state index is -0.166. The van der Waals surface area contributed by atoms with E-state index in [1.165, 1.54) is 0 Å². The lowest BCUT2D eigenvalue weighted by atomic mass is 9.94. The number of aliphatic hydroxyl groups is 1. The quantitative estimate of drug-likeness (QED) is 0.758. The first-order valence-electron chi connectivity index (χ1n) is 5.57. The van der Waals surface area contributed by atoms with E-state index in [1.807, 2.05) is 19.1 Å². The lowest BCUT2D eigenvalue weighted by Gasteiger charge is -2.30. The van der Waals surface area contributed by atoms with E-state index in [-0.39, 0.29) is 12.1 Å². The van der Waals surface area contributed by atoms with Crippen LogP contribution >= 0.6 is 0 Å². The highest BCUT2D eigenvalue weighted by atomic mass is 16.3. The Morgan fingerprint density at radius 1 is 1.33 bits per heavy atom. The van der Waals surface area contributed by atoms with Gasteiger partial charge in [-0.05, 0) is 31.9 Å². The van der Waals surface area contributed by atoms with Gasteiger partial charge in [0.25, 0.3) is 0 Å². The van der Waals surface area contributed by atoms with Crippen LogP contribution < -0.4 is 5.32 Å². The van der Waals surface area contributed by atoms with Crippen molar-refractivity contribution in [3.8, 4) is 0 Å². The third-order valence-corrected chi connectivity index (χ3v) is 3.09. The molecule has 1 heterocycles. The molecule has 0 aliphatic rings. The fourth-order valence-electron chi connectivity index (χ4n) is 1.63. The van der Waals surface area contributed by atoms with Crippen LogP contribution in [0.3, 0.4) is 0 Å². The Bertz CT molecular complexity index is 281. The molecule has 0 aliphatic carbocycles. The van der Waals surface area contributed by atoms with E-state index in [4.69, 9.17) is 4.42 Å². The van der Waals surface area contributed by atoms with Crippen LogP contribution in [0.5, 0.6) is 0 Å². The first-order chi connectivity index (χ1) is 7.15. The van der Waals surface area contributed by atoms with Crippen molar-refractivity contribution < 1.29 is 9.52 Å². The van der Waals surface area contributed by atoms with Gasteiger partial charge >= 0.3 is 0 Å². The van der Waals surface area contributed by atoms with Gasteiger partial charge in [0.05, 0.1) is 13.2 Å².